The van der Waals surface area contributed by atoms with Gasteiger partial charge >= 0.3 is 5.91 Å². The first kappa shape index (κ1) is 24.3. The summed E-state index contributed by atoms with van der Waals surface area (Å²) in [6, 6.07) is 16.8. The van der Waals surface area contributed by atoms with Crippen molar-refractivity contribution in [1.82, 2.24) is 4.72 Å². The number of aryl methyl sites for hydroxylation is 1. The average Bonchev–Trinajstić information content (AvgIpc) is 3.24. The van der Waals surface area contributed by atoms with E-state index < -0.39 is 22.0 Å². The van der Waals surface area contributed by atoms with E-state index in [0.717, 1.165) is 16.9 Å². The van der Waals surface area contributed by atoms with Gasteiger partial charge in [-0.1, -0.05) is 36.4 Å². The van der Waals surface area contributed by atoms with Gasteiger partial charge in [-0.15, -0.1) is 0 Å². The van der Waals surface area contributed by atoms with Crippen LogP contribution in [-0.4, -0.2) is 32.6 Å². The summed E-state index contributed by atoms with van der Waals surface area (Å²) >= 11 is 0. The third-order valence-electron chi connectivity index (χ3n) is 5.50. The molecule has 1 atom stereocenters. The number of carbonyl (C=O) groups is 1. The maximum atomic E-state index is 12.5. The van der Waals surface area contributed by atoms with Crippen LogP contribution in [0.15, 0.2) is 82.1 Å². The molecule has 1 aliphatic carbocycles. The summed E-state index contributed by atoms with van der Waals surface area (Å²) in [7, 11) is -2.45. The van der Waals surface area contributed by atoms with E-state index in [1.54, 1.807) is 14.0 Å². The van der Waals surface area contributed by atoms with Gasteiger partial charge in [0.25, 0.3) is 10.0 Å². The largest absolute Gasteiger partial charge is 0.497 e. The lowest BCUT2D eigenvalue weighted by atomic mass is 10.1. The molecule has 0 fully saturated rings. The molecule has 2 aromatic carbocycles. The van der Waals surface area contributed by atoms with E-state index in [-0.39, 0.29) is 23.7 Å². The van der Waals surface area contributed by atoms with Gasteiger partial charge in [0, 0.05) is 5.56 Å². The molecule has 1 unspecified atom stereocenters. The number of allylic oxidation sites excluding steroid dienone is 1. The topological polar surface area (TPSA) is 115 Å². The van der Waals surface area contributed by atoms with Gasteiger partial charge in [0.05, 0.1) is 18.1 Å². The zero-order chi connectivity index (χ0) is 25.0. The minimum Gasteiger partial charge on any atom is -0.497 e. The van der Waals surface area contributed by atoms with Crippen LogP contribution in [0.1, 0.15) is 28.3 Å². The Balaban J connectivity index is 1.38. The molecule has 35 heavy (non-hydrogen) atoms. The van der Waals surface area contributed by atoms with Gasteiger partial charge in [-0.05, 0) is 60.9 Å². The number of aliphatic hydroxyl groups is 1. The second-order valence-corrected chi connectivity index (χ2v) is 9.62. The minimum atomic E-state index is -4.08. The molecule has 0 radical (unpaired) electrons. The molecule has 0 saturated heterocycles. The number of sulfonamides is 1. The predicted molar refractivity (Wildman–Crippen MR) is 130 cm³/mol. The number of furan rings is 1. The number of nitrogens with one attached hydrogen (secondary N) is 1. The number of rotatable bonds is 8. The Kier molecular flexibility index (Phi) is 7.09. The second-order valence-electron chi connectivity index (χ2n) is 7.94. The maximum absolute atomic E-state index is 12.5. The van der Waals surface area contributed by atoms with Crippen molar-refractivity contribution in [3.63, 3.8) is 0 Å². The summed E-state index contributed by atoms with van der Waals surface area (Å²) in [5.74, 6) is 0.845. The lowest BCUT2D eigenvalue weighted by molar-refractivity contribution is 0.0953. The van der Waals surface area contributed by atoms with E-state index in [1.807, 2.05) is 53.3 Å². The molecule has 0 aliphatic heterocycles. The van der Waals surface area contributed by atoms with Crippen LogP contribution in [0.2, 0.25) is 0 Å². The molecule has 0 bridgehead atoms. The van der Waals surface area contributed by atoms with Crippen LogP contribution in [-0.2, 0) is 16.6 Å². The van der Waals surface area contributed by atoms with E-state index in [9.17, 15) is 18.3 Å². The predicted octanol–water partition coefficient (Wildman–Crippen LogP) is 4.11. The smallest absolute Gasteiger partial charge is 0.300 e. The average molecular weight is 496 g/mol. The molecule has 4 rings (SSSR count). The highest BCUT2D eigenvalue weighted by atomic mass is 32.2. The monoisotopic (exact) mass is 495 g/mol. The Morgan fingerprint density at radius 3 is 2.29 bits per heavy atom. The molecular weight excluding hydrogens is 470 g/mol. The molecule has 1 aliphatic rings. The fourth-order valence-electron chi connectivity index (χ4n) is 3.48. The molecule has 182 valence electrons. The molecule has 1 heterocycles. The molecule has 1 amide bonds. The highest BCUT2D eigenvalue weighted by Gasteiger charge is 2.24. The normalized spacial score (nSPS) is 15.4. The zero-order valence-electron chi connectivity index (χ0n) is 19.2. The summed E-state index contributed by atoms with van der Waals surface area (Å²) in [5, 5.41) is 9.46. The number of carbonyl (C=O) groups excluding carboxylic acids is 1. The van der Waals surface area contributed by atoms with E-state index >= 15 is 0 Å². The van der Waals surface area contributed by atoms with Crippen LogP contribution in [0.4, 0.5) is 0 Å². The third kappa shape index (κ3) is 5.82. The molecule has 9 heteroatoms. The van der Waals surface area contributed by atoms with Crippen LogP contribution in [0, 0.1) is 6.92 Å². The van der Waals surface area contributed by atoms with Crippen molar-refractivity contribution in [2.75, 3.05) is 7.11 Å². The highest BCUT2D eigenvalue weighted by Crippen LogP contribution is 2.25. The Hall–Kier alpha value is -3.82. The van der Waals surface area contributed by atoms with Gasteiger partial charge in [0.1, 0.15) is 23.9 Å². The van der Waals surface area contributed by atoms with Crippen LogP contribution in [0.3, 0.4) is 0 Å². The number of aliphatic hydroxyl groups excluding tert-OH is 1. The summed E-state index contributed by atoms with van der Waals surface area (Å²) in [4.78, 5) is 12.4. The van der Waals surface area contributed by atoms with E-state index in [4.69, 9.17) is 13.9 Å². The van der Waals surface area contributed by atoms with Crippen molar-refractivity contribution in [3.8, 4) is 22.6 Å². The summed E-state index contributed by atoms with van der Waals surface area (Å²) in [6.45, 7) is 1.81. The van der Waals surface area contributed by atoms with E-state index in [1.165, 1.54) is 24.3 Å². The van der Waals surface area contributed by atoms with Crippen LogP contribution in [0.25, 0.3) is 11.1 Å². The number of methoxy groups -OCH3 is 1. The Morgan fingerprint density at radius 2 is 1.71 bits per heavy atom. The molecule has 2 N–H and O–H groups in total. The number of hydrogen-bond donors (Lipinski definition) is 2. The van der Waals surface area contributed by atoms with Gasteiger partial charge in [0.2, 0.25) is 0 Å². The second kappa shape index (κ2) is 10.2. The summed E-state index contributed by atoms with van der Waals surface area (Å²) < 4.78 is 43.3. The van der Waals surface area contributed by atoms with Crippen LogP contribution in [0.5, 0.6) is 11.5 Å². The number of amides is 1. The quantitative estimate of drug-likeness (QED) is 0.483. The first-order valence-corrected chi connectivity index (χ1v) is 12.3. The maximum Gasteiger partial charge on any atom is 0.300 e. The lowest BCUT2D eigenvalue weighted by Gasteiger charge is -2.11. The first-order chi connectivity index (χ1) is 16.7. The fourth-order valence-corrected chi connectivity index (χ4v) is 4.52. The molecule has 3 aromatic rings. The highest BCUT2D eigenvalue weighted by molar-refractivity contribution is 7.94. The first-order valence-electron chi connectivity index (χ1n) is 10.9. The lowest BCUT2D eigenvalue weighted by Crippen LogP contribution is -2.31. The molecule has 0 saturated carbocycles. The van der Waals surface area contributed by atoms with Crippen molar-refractivity contribution < 1.29 is 32.2 Å². The van der Waals surface area contributed by atoms with Gasteiger partial charge in [-0.2, -0.15) is 0 Å². The SMILES string of the molecule is COc1ccc(-c2ccc(OCc3cc(C(=O)NS(=O)(=O)C4=CCC(O)C=C4)oc3C)cc2)cc1. The van der Waals surface area contributed by atoms with Crippen LogP contribution >= 0.6 is 0 Å². The third-order valence-corrected chi connectivity index (χ3v) is 6.87. The standard InChI is InChI=1S/C26H25NO7S/c1-17-20(15-25(34-17)26(29)27-35(30,31)24-13-7-21(28)8-14-24)16-33-23-11-5-19(6-12-23)18-3-9-22(32-2)10-4-18/h3-7,9-15,21,28H,8,16H2,1-2H3,(H,27,29). The zero-order valence-corrected chi connectivity index (χ0v) is 20.0. The molecule has 8 nitrogen and oxygen atoms in total. The summed E-state index contributed by atoms with van der Waals surface area (Å²) in [5.41, 5.74) is 2.69. The number of hydrogen-bond acceptors (Lipinski definition) is 7. The van der Waals surface area contributed by atoms with Gasteiger partial charge < -0.3 is 19.0 Å². The molecular formula is C26H25NO7S. The Labute approximate surface area is 203 Å². The minimum absolute atomic E-state index is 0.0823. The van der Waals surface area contributed by atoms with E-state index in [0.29, 0.717) is 17.1 Å². The van der Waals surface area contributed by atoms with E-state index in [2.05, 4.69) is 0 Å². The molecule has 0 spiro atoms. The van der Waals surface area contributed by atoms with Crippen molar-refractivity contribution in [1.29, 1.82) is 0 Å². The Bertz CT molecular complexity index is 1370. The van der Waals surface area contributed by atoms with Gasteiger partial charge in [-0.3, -0.25) is 4.79 Å². The van der Waals surface area contributed by atoms with Crippen molar-refractivity contribution in [2.45, 2.75) is 26.1 Å². The van der Waals surface area contributed by atoms with Crippen molar-refractivity contribution >= 4 is 15.9 Å². The van der Waals surface area contributed by atoms with Crippen molar-refractivity contribution in [3.05, 3.63) is 94.8 Å². The van der Waals surface area contributed by atoms with Crippen LogP contribution < -0.4 is 14.2 Å². The summed E-state index contributed by atoms with van der Waals surface area (Å²) in [6.07, 6.45) is 3.39. The van der Waals surface area contributed by atoms with Crippen molar-refractivity contribution in [2.24, 2.45) is 0 Å². The fraction of sp³-hybridized carbons (Fsp3) is 0.192. The molecule has 1 aromatic heterocycles. The van der Waals surface area contributed by atoms with Gasteiger partial charge in [-0.25, -0.2) is 13.1 Å². The van der Waals surface area contributed by atoms with Gasteiger partial charge in [0.15, 0.2) is 5.76 Å². The number of benzene rings is 2. The number of ether oxygens (including phenoxy) is 2. The Morgan fingerprint density at radius 1 is 1.09 bits per heavy atom.